The quantitative estimate of drug-likeness (QED) is 0.748. The van der Waals surface area contributed by atoms with Crippen molar-refractivity contribution in [3.8, 4) is 0 Å². The van der Waals surface area contributed by atoms with Gasteiger partial charge in [0.2, 0.25) is 5.91 Å². The van der Waals surface area contributed by atoms with Gasteiger partial charge in [0.25, 0.3) is 0 Å². The van der Waals surface area contributed by atoms with E-state index in [4.69, 9.17) is 5.73 Å². The molecule has 0 bridgehead atoms. The van der Waals surface area contributed by atoms with Crippen molar-refractivity contribution in [3.63, 3.8) is 0 Å². The lowest BCUT2D eigenvalue weighted by molar-refractivity contribution is -0.137. The van der Waals surface area contributed by atoms with Gasteiger partial charge in [-0.3, -0.25) is 4.79 Å². The monoisotopic (exact) mass is 210 g/mol. The first kappa shape index (κ1) is 10.9. The average Bonchev–Trinajstić information content (AvgIpc) is 2.84. The van der Waals surface area contributed by atoms with Crippen LogP contribution >= 0.6 is 0 Å². The van der Waals surface area contributed by atoms with Crippen LogP contribution in [0.4, 0.5) is 0 Å². The first-order valence-electron chi connectivity index (χ1n) is 6.24. The van der Waals surface area contributed by atoms with E-state index in [1.165, 1.54) is 19.3 Å². The predicted octanol–water partition coefficient (Wildman–Crippen LogP) is 1.37. The van der Waals surface area contributed by atoms with E-state index >= 15 is 0 Å². The highest BCUT2D eigenvalue weighted by molar-refractivity contribution is 5.80. The second kappa shape index (κ2) is 4.52. The third-order valence-corrected chi connectivity index (χ3v) is 4.12. The van der Waals surface area contributed by atoms with E-state index in [2.05, 4.69) is 11.8 Å². The van der Waals surface area contributed by atoms with Crippen molar-refractivity contribution in [1.82, 2.24) is 4.90 Å². The van der Waals surface area contributed by atoms with Crippen molar-refractivity contribution in [1.29, 1.82) is 0 Å². The summed E-state index contributed by atoms with van der Waals surface area (Å²) in [6.07, 6.45) is 5.73. The van der Waals surface area contributed by atoms with Crippen LogP contribution < -0.4 is 5.73 Å². The topological polar surface area (TPSA) is 46.3 Å². The first-order valence-corrected chi connectivity index (χ1v) is 6.24. The Morgan fingerprint density at radius 3 is 2.73 bits per heavy atom. The van der Waals surface area contributed by atoms with E-state index in [9.17, 15) is 4.79 Å². The Morgan fingerprint density at radius 1 is 1.33 bits per heavy atom. The molecule has 1 heterocycles. The first-order chi connectivity index (χ1) is 7.24. The summed E-state index contributed by atoms with van der Waals surface area (Å²) in [5, 5.41) is 0. The molecule has 2 aliphatic rings. The molecule has 2 rings (SSSR count). The largest absolute Gasteiger partial charge is 0.340 e. The van der Waals surface area contributed by atoms with Gasteiger partial charge in [0.05, 0.1) is 0 Å². The highest BCUT2D eigenvalue weighted by atomic mass is 16.2. The second-order valence-corrected chi connectivity index (χ2v) is 5.06. The van der Waals surface area contributed by atoms with Crippen LogP contribution in [0.25, 0.3) is 0 Å². The molecule has 1 saturated heterocycles. The molecule has 1 aliphatic carbocycles. The number of hydrogen-bond donors (Lipinski definition) is 1. The summed E-state index contributed by atoms with van der Waals surface area (Å²) in [6.45, 7) is 3.81. The Labute approximate surface area is 92.0 Å². The molecule has 15 heavy (non-hydrogen) atoms. The summed E-state index contributed by atoms with van der Waals surface area (Å²) in [4.78, 5) is 14.4. The molecule has 3 unspecified atom stereocenters. The number of carbonyl (C=O) groups excluding carboxylic acids is 1. The van der Waals surface area contributed by atoms with Crippen molar-refractivity contribution < 1.29 is 4.79 Å². The van der Waals surface area contributed by atoms with Crippen molar-refractivity contribution in [2.24, 2.45) is 17.6 Å². The second-order valence-electron chi connectivity index (χ2n) is 5.06. The molecule has 86 valence electrons. The fraction of sp³-hybridized carbons (Fsp3) is 0.917. The Morgan fingerprint density at radius 2 is 2.13 bits per heavy atom. The van der Waals surface area contributed by atoms with Gasteiger partial charge in [-0.1, -0.05) is 6.42 Å². The number of likely N-dealkylation sites (tertiary alicyclic amines) is 1. The SMILES string of the molecule is CC1CCCN1C(=O)C1CCCC1CN. The van der Waals surface area contributed by atoms with Crippen LogP contribution in [-0.4, -0.2) is 29.9 Å². The van der Waals surface area contributed by atoms with Gasteiger partial charge in [-0.2, -0.15) is 0 Å². The molecule has 0 aromatic heterocycles. The minimum absolute atomic E-state index is 0.232. The van der Waals surface area contributed by atoms with Gasteiger partial charge >= 0.3 is 0 Å². The van der Waals surface area contributed by atoms with Crippen LogP contribution in [0, 0.1) is 11.8 Å². The normalized spacial score (nSPS) is 36.1. The molecular weight excluding hydrogens is 188 g/mol. The molecule has 0 aromatic rings. The summed E-state index contributed by atoms with van der Waals surface area (Å²) < 4.78 is 0. The number of carbonyl (C=O) groups is 1. The predicted molar refractivity (Wildman–Crippen MR) is 60.3 cm³/mol. The van der Waals surface area contributed by atoms with E-state index in [0.717, 1.165) is 19.4 Å². The fourth-order valence-corrected chi connectivity index (χ4v) is 3.12. The van der Waals surface area contributed by atoms with Crippen LogP contribution in [0.2, 0.25) is 0 Å². The smallest absolute Gasteiger partial charge is 0.226 e. The molecule has 1 aliphatic heterocycles. The van der Waals surface area contributed by atoms with E-state index in [-0.39, 0.29) is 5.92 Å². The maximum Gasteiger partial charge on any atom is 0.226 e. The van der Waals surface area contributed by atoms with Gasteiger partial charge in [-0.05, 0) is 45.1 Å². The van der Waals surface area contributed by atoms with Crippen LogP contribution in [0.5, 0.6) is 0 Å². The van der Waals surface area contributed by atoms with Crippen molar-refractivity contribution in [2.75, 3.05) is 13.1 Å². The van der Waals surface area contributed by atoms with E-state index < -0.39 is 0 Å². The molecule has 0 radical (unpaired) electrons. The Hall–Kier alpha value is -0.570. The zero-order valence-corrected chi connectivity index (χ0v) is 9.61. The van der Waals surface area contributed by atoms with Crippen LogP contribution in [0.3, 0.4) is 0 Å². The summed E-state index contributed by atoms with van der Waals surface area (Å²) in [7, 11) is 0. The molecule has 3 nitrogen and oxygen atoms in total. The lowest BCUT2D eigenvalue weighted by atomic mass is 9.94. The maximum absolute atomic E-state index is 12.3. The highest BCUT2D eigenvalue weighted by Crippen LogP contribution is 2.34. The van der Waals surface area contributed by atoms with Crippen LogP contribution in [0.15, 0.2) is 0 Å². The molecule has 0 aromatic carbocycles. The molecule has 2 fully saturated rings. The lowest BCUT2D eigenvalue weighted by Gasteiger charge is -2.27. The third-order valence-electron chi connectivity index (χ3n) is 4.12. The number of rotatable bonds is 2. The molecule has 3 heteroatoms. The molecule has 1 amide bonds. The summed E-state index contributed by atoms with van der Waals surface area (Å²) >= 11 is 0. The molecule has 1 saturated carbocycles. The maximum atomic E-state index is 12.3. The third kappa shape index (κ3) is 2.03. The standard InChI is InChI=1S/C12H22N2O/c1-9-4-3-7-14(9)12(15)11-6-2-5-10(11)8-13/h9-11H,2-8,13H2,1H3. The van der Waals surface area contributed by atoms with Gasteiger partial charge < -0.3 is 10.6 Å². The highest BCUT2D eigenvalue weighted by Gasteiger charge is 2.37. The Balaban J connectivity index is 2.00. The molecule has 0 spiro atoms. The van der Waals surface area contributed by atoms with Gasteiger partial charge in [0.15, 0.2) is 0 Å². The Kier molecular flexibility index (Phi) is 3.29. The molecule has 3 atom stereocenters. The van der Waals surface area contributed by atoms with Crippen molar-refractivity contribution in [2.45, 2.75) is 45.1 Å². The minimum atomic E-state index is 0.232. The van der Waals surface area contributed by atoms with Crippen molar-refractivity contribution >= 4 is 5.91 Å². The Bertz CT molecular complexity index is 242. The summed E-state index contributed by atoms with van der Waals surface area (Å²) in [5.41, 5.74) is 5.72. The number of amides is 1. The zero-order chi connectivity index (χ0) is 10.8. The van der Waals surface area contributed by atoms with Gasteiger partial charge in [-0.15, -0.1) is 0 Å². The van der Waals surface area contributed by atoms with Gasteiger partial charge in [0.1, 0.15) is 0 Å². The minimum Gasteiger partial charge on any atom is -0.340 e. The fourth-order valence-electron chi connectivity index (χ4n) is 3.12. The van der Waals surface area contributed by atoms with Crippen molar-refractivity contribution in [3.05, 3.63) is 0 Å². The number of nitrogens with zero attached hydrogens (tertiary/aromatic N) is 1. The number of hydrogen-bond acceptors (Lipinski definition) is 2. The van der Waals surface area contributed by atoms with E-state index in [0.29, 0.717) is 24.4 Å². The lowest BCUT2D eigenvalue weighted by Crippen LogP contribution is -2.40. The van der Waals surface area contributed by atoms with Crippen LogP contribution in [0.1, 0.15) is 39.0 Å². The average molecular weight is 210 g/mol. The number of nitrogens with two attached hydrogens (primary N) is 1. The molecule has 2 N–H and O–H groups in total. The van der Waals surface area contributed by atoms with Gasteiger partial charge in [0, 0.05) is 18.5 Å². The van der Waals surface area contributed by atoms with E-state index in [1.807, 2.05) is 0 Å². The zero-order valence-electron chi connectivity index (χ0n) is 9.61. The molecular formula is C12H22N2O. The van der Waals surface area contributed by atoms with E-state index in [1.54, 1.807) is 0 Å². The van der Waals surface area contributed by atoms with Crippen LogP contribution in [-0.2, 0) is 4.79 Å². The summed E-state index contributed by atoms with van der Waals surface area (Å²) in [6, 6.07) is 0.455. The summed E-state index contributed by atoms with van der Waals surface area (Å²) in [5.74, 6) is 1.06. The van der Waals surface area contributed by atoms with Gasteiger partial charge in [-0.25, -0.2) is 0 Å².